The molecule has 0 amide bonds. The van der Waals surface area contributed by atoms with Gasteiger partial charge in [0.1, 0.15) is 0 Å². The molecule has 2 atom stereocenters. The van der Waals surface area contributed by atoms with Gasteiger partial charge in [0, 0.05) is 18.0 Å². The van der Waals surface area contributed by atoms with E-state index in [0.29, 0.717) is 5.92 Å². The van der Waals surface area contributed by atoms with E-state index in [4.69, 9.17) is 4.74 Å². The largest absolute Gasteiger partial charge is 0.380 e. The molecule has 2 rings (SSSR count). The zero-order valence-corrected chi connectivity index (χ0v) is 11.9. The number of allylic oxidation sites excluding steroid dienone is 2. The van der Waals surface area contributed by atoms with Gasteiger partial charge in [-0.25, -0.2) is 0 Å². The van der Waals surface area contributed by atoms with Gasteiger partial charge in [0.05, 0.1) is 13.2 Å². The monoisotopic (exact) mass is 265 g/mol. The number of nitrogens with one attached hydrogen (secondary N) is 1. The fraction of sp³-hybridized carbons (Fsp3) is 0.600. The summed E-state index contributed by atoms with van der Waals surface area (Å²) in [5.41, 5.74) is 0. The van der Waals surface area contributed by atoms with Crippen LogP contribution in [0.1, 0.15) is 24.6 Å². The van der Waals surface area contributed by atoms with E-state index in [1.165, 1.54) is 17.7 Å². The first-order valence-corrected chi connectivity index (χ1v) is 7.70. The summed E-state index contributed by atoms with van der Waals surface area (Å²) < 4.78 is 5.77. The maximum absolute atomic E-state index is 5.77. The molecule has 2 nitrogen and oxygen atoms in total. The predicted molar refractivity (Wildman–Crippen MR) is 77.9 cm³/mol. The highest BCUT2D eigenvalue weighted by Crippen LogP contribution is 2.24. The van der Waals surface area contributed by atoms with E-state index in [9.17, 15) is 0 Å². The lowest BCUT2D eigenvalue weighted by atomic mass is 9.85. The molecular formula is C15H23NOS. The van der Waals surface area contributed by atoms with Gasteiger partial charge in [0.25, 0.3) is 0 Å². The van der Waals surface area contributed by atoms with E-state index < -0.39 is 0 Å². The van der Waals surface area contributed by atoms with Crippen LogP contribution >= 0.6 is 11.3 Å². The molecule has 0 bridgehead atoms. The fourth-order valence-corrected chi connectivity index (χ4v) is 2.92. The number of ether oxygens (including phenoxy) is 1. The molecule has 100 valence electrons. The summed E-state index contributed by atoms with van der Waals surface area (Å²) in [7, 11) is 0. The maximum atomic E-state index is 5.77. The maximum Gasteiger partial charge on any atom is 0.0591 e. The van der Waals surface area contributed by atoms with Crippen molar-refractivity contribution in [2.24, 2.45) is 11.8 Å². The fourth-order valence-electron chi connectivity index (χ4n) is 2.24. The van der Waals surface area contributed by atoms with Crippen LogP contribution in [0.2, 0.25) is 0 Å². The molecular weight excluding hydrogens is 242 g/mol. The van der Waals surface area contributed by atoms with Gasteiger partial charge in [-0.1, -0.05) is 25.1 Å². The second kappa shape index (κ2) is 7.72. The smallest absolute Gasteiger partial charge is 0.0591 e. The first-order valence-electron chi connectivity index (χ1n) is 6.82. The highest BCUT2D eigenvalue weighted by molar-refractivity contribution is 7.09. The van der Waals surface area contributed by atoms with Crippen LogP contribution in [0.15, 0.2) is 29.7 Å². The molecule has 0 saturated heterocycles. The molecule has 0 spiro atoms. The van der Waals surface area contributed by atoms with E-state index in [1.807, 2.05) is 0 Å². The number of hydrogen-bond donors (Lipinski definition) is 1. The van der Waals surface area contributed by atoms with Gasteiger partial charge < -0.3 is 10.1 Å². The highest BCUT2D eigenvalue weighted by atomic mass is 32.1. The Labute approximate surface area is 114 Å². The van der Waals surface area contributed by atoms with Crippen molar-refractivity contribution in [2.45, 2.75) is 26.3 Å². The van der Waals surface area contributed by atoms with Crippen molar-refractivity contribution >= 4 is 11.3 Å². The van der Waals surface area contributed by atoms with Crippen LogP contribution in [0.5, 0.6) is 0 Å². The highest BCUT2D eigenvalue weighted by Gasteiger charge is 2.17. The molecule has 0 saturated carbocycles. The van der Waals surface area contributed by atoms with Gasteiger partial charge in [-0.15, -0.1) is 11.3 Å². The van der Waals surface area contributed by atoms with Gasteiger partial charge >= 0.3 is 0 Å². The van der Waals surface area contributed by atoms with Crippen LogP contribution in [-0.4, -0.2) is 19.8 Å². The second-order valence-electron chi connectivity index (χ2n) is 5.01. The summed E-state index contributed by atoms with van der Waals surface area (Å²) >= 11 is 1.80. The van der Waals surface area contributed by atoms with Crippen molar-refractivity contribution in [3.8, 4) is 0 Å². The lowest BCUT2D eigenvalue weighted by molar-refractivity contribution is 0.0807. The molecule has 1 aliphatic carbocycles. The van der Waals surface area contributed by atoms with Crippen molar-refractivity contribution in [1.29, 1.82) is 0 Å². The topological polar surface area (TPSA) is 21.3 Å². The van der Waals surface area contributed by atoms with Crippen LogP contribution < -0.4 is 5.32 Å². The van der Waals surface area contributed by atoms with Crippen LogP contribution in [0.4, 0.5) is 0 Å². The van der Waals surface area contributed by atoms with Crippen LogP contribution in [0.25, 0.3) is 0 Å². The SMILES string of the molecule is CC1CC=CCC1COCCNCc1cccs1. The molecule has 18 heavy (non-hydrogen) atoms. The first kappa shape index (κ1) is 13.8. The lowest BCUT2D eigenvalue weighted by Crippen LogP contribution is -2.23. The number of hydrogen-bond acceptors (Lipinski definition) is 3. The molecule has 1 aromatic rings. The molecule has 0 aromatic carbocycles. The van der Waals surface area contributed by atoms with E-state index in [2.05, 4.69) is 41.9 Å². The molecule has 2 unspecified atom stereocenters. The van der Waals surface area contributed by atoms with E-state index >= 15 is 0 Å². The summed E-state index contributed by atoms with van der Waals surface area (Å²) in [6, 6.07) is 4.25. The van der Waals surface area contributed by atoms with Crippen molar-refractivity contribution in [3.05, 3.63) is 34.5 Å². The Morgan fingerprint density at radius 3 is 3.06 bits per heavy atom. The van der Waals surface area contributed by atoms with Gasteiger partial charge in [-0.3, -0.25) is 0 Å². The Kier molecular flexibility index (Phi) is 5.91. The molecule has 0 fully saturated rings. The molecule has 1 aromatic heterocycles. The zero-order valence-electron chi connectivity index (χ0n) is 11.1. The Hall–Kier alpha value is -0.640. The van der Waals surface area contributed by atoms with Crippen molar-refractivity contribution < 1.29 is 4.74 Å². The number of thiophene rings is 1. The van der Waals surface area contributed by atoms with Crippen molar-refractivity contribution in [3.63, 3.8) is 0 Å². The summed E-state index contributed by atoms with van der Waals surface area (Å²) in [5, 5.41) is 5.52. The quantitative estimate of drug-likeness (QED) is 0.602. The molecule has 0 radical (unpaired) electrons. The van der Waals surface area contributed by atoms with Crippen LogP contribution in [0.3, 0.4) is 0 Å². The van der Waals surface area contributed by atoms with Gasteiger partial charge in [0.2, 0.25) is 0 Å². The zero-order chi connectivity index (χ0) is 12.6. The third-order valence-corrected chi connectivity index (χ3v) is 4.43. The van der Waals surface area contributed by atoms with Crippen molar-refractivity contribution in [2.75, 3.05) is 19.8 Å². The third kappa shape index (κ3) is 4.56. The second-order valence-corrected chi connectivity index (χ2v) is 6.04. The van der Waals surface area contributed by atoms with E-state index in [-0.39, 0.29) is 0 Å². The summed E-state index contributed by atoms with van der Waals surface area (Å²) in [6.45, 7) is 5.95. The molecule has 1 aliphatic rings. The predicted octanol–water partition coefficient (Wildman–Crippen LogP) is 3.46. The molecule has 3 heteroatoms. The van der Waals surface area contributed by atoms with Gasteiger partial charge in [-0.05, 0) is 36.1 Å². The van der Waals surface area contributed by atoms with E-state index in [1.54, 1.807) is 11.3 Å². The van der Waals surface area contributed by atoms with Crippen LogP contribution in [0, 0.1) is 11.8 Å². The third-order valence-electron chi connectivity index (χ3n) is 3.55. The Bertz CT molecular complexity index is 347. The summed E-state index contributed by atoms with van der Waals surface area (Å²) in [5.74, 6) is 1.49. The van der Waals surface area contributed by atoms with Gasteiger partial charge in [0.15, 0.2) is 0 Å². The normalized spacial score (nSPS) is 23.4. The molecule has 0 aliphatic heterocycles. The Morgan fingerprint density at radius 1 is 1.39 bits per heavy atom. The summed E-state index contributed by atoms with van der Waals surface area (Å²) in [4.78, 5) is 1.39. The number of rotatable bonds is 7. The summed E-state index contributed by atoms with van der Waals surface area (Å²) in [6.07, 6.45) is 6.99. The molecule has 1 heterocycles. The minimum atomic E-state index is 0.715. The lowest BCUT2D eigenvalue weighted by Gasteiger charge is -2.24. The average molecular weight is 265 g/mol. The minimum absolute atomic E-state index is 0.715. The van der Waals surface area contributed by atoms with Gasteiger partial charge in [-0.2, -0.15) is 0 Å². The Morgan fingerprint density at radius 2 is 2.28 bits per heavy atom. The van der Waals surface area contributed by atoms with E-state index in [0.717, 1.165) is 32.2 Å². The van der Waals surface area contributed by atoms with Crippen LogP contribution in [-0.2, 0) is 11.3 Å². The standard InChI is InChI=1S/C15H23NOS/c1-13-5-2-3-6-14(13)12-17-9-8-16-11-15-7-4-10-18-15/h2-4,7,10,13-14,16H,5-6,8-9,11-12H2,1H3. The molecule has 1 N–H and O–H groups in total. The van der Waals surface area contributed by atoms with Crippen molar-refractivity contribution in [1.82, 2.24) is 5.32 Å². The minimum Gasteiger partial charge on any atom is -0.380 e. The average Bonchev–Trinajstić information content (AvgIpc) is 2.89. The first-order chi connectivity index (χ1) is 8.86. The Balaban J connectivity index is 1.49.